The van der Waals surface area contributed by atoms with Crippen molar-refractivity contribution in [1.29, 1.82) is 0 Å². The molecule has 3 aromatic rings. The van der Waals surface area contributed by atoms with Gasteiger partial charge in [-0.1, -0.05) is 36.8 Å². The Balaban J connectivity index is 1.27. The normalized spacial score (nSPS) is 25.3. The van der Waals surface area contributed by atoms with Crippen molar-refractivity contribution >= 4 is 47.0 Å². The predicted octanol–water partition coefficient (Wildman–Crippen LogP) is 3.30. The molecular formula is C28H37ClN5O6SSi. The molecule has 0 unspecified atom stereocenters. The molecule has 1 radical (unpaired) electrons. The Hall–Kier alpha value is -2.26. The van der Waals surface area contributed by atoms with Crippen LogP contribution in [0, 0.1) is 0 Å². The predicted molar refractivity (Wildman–Crippen MR) is 165 cm³/mol. The third kappa shape index (κ3) is 6.05. The summed E-state index contributed by atoms with van der Waals surface area (Å²) < 4.78 is 42.4. The number of ether oxygens (including phenoxy) is 4. The summed E-state index contributed by atoms with van der Waals surface area (Å²) in [5, 5.41) is 10.6. The minimum atomic E-state index is -2.07. The van der Waals surface area contributed by atoms with Crippen molar-refractivity contribution in [3.05, 3.63) is 35.4 Å². The quantitative estimate of drug-likeness (QED) is 0.279. The number of nitrogens with zero attached hydrogens (tertiary/aromatic N) is 5. The summed E-state index contributed by atoms with van der Waals surface area (Å²) in [6.07, 6.45) is -1.85. The van der Waals surface area contributed by atoms with Crippen LogP contribution in [0.3, 0.4) is 0 Å². The number of halogens is 1. The zero-order valence-corrected chi connectivity index (χ0v) is 26.6. The summed E-state index contributed by atoms with van der Waals surface area (Å²) in [6.45, 7) is 7.30. The monoisotopic (exact) mass is 634 g/mol. The number of hydrogen-bond acceptors (Lipinski definition) is 10. The van der Waals surface area contributed by atoms with E-state index in [0.717, 1.165) is 17.3 Å². The molecule has 0 saturated carbocycles. The molecule has 0 amide bonds. The van der Waals surface area contributed by atoms with Gasteiger partial charge in [-0.25, -0.2) is 13.6 Å². The molecular weight excluding hydrogens is 598 g/mol. The lowest BCUT2D eigenvalue weighted by atomic mass is 10.1. The van der Waals surface area contributed by atoms with E-state index >= 15 is 0 Å². The van der Waals surface area contributed by atoms with Crippen LogP contribution >= 0.6 is 11.6 Å². The number of anilines is 1. The van der Waals surface area contributed by atoms with E-state index in [9.17, 15) is 9.32 Å². The van der Waals surface area contributed by atoms with Crippen LogP contribution in [-0.2, 0) is 30.7 Å². The standard InChI is InChI=1S/C28H37ClN5O6SSi/c1-30-41(36)11-8-33(9-12-41)19-6-4-18(5-7-19)24-20(29)14-21-27(32-24)34(17-37-10-13-42(2)3)28(31-21)40-23-16-39-25-22(35)15-38-26(23)25/h4-7,14,22-23,25-26,35H,8-13,15-17H2,1-3H3/t22-,23-,25-,26-/m1/s1. The second-order valence-electron chi connectivity index (χ2n) is 11.2. The van der Waals surface area contributed by atoms with Crippen LogP contribution in [0.2, 0.25) is 24.2 Å². The van der Waals surface area contributed by atoms with Gasteiger partial charge in [-0.05, 0) is 24.2 Å². The molecule has 42 heavy (non-hydrogen) atoms. The fraction of sp³-hybridized carbons (Fsp3) is 0.571. The minimum Gasteiger partial charge on any atom is -0.456 e. The van der Waals surface area contributed by atoms with Gasteiger partial charge in [0.25, 0.3) is 0 Å². The number of imidazole rings is 1. The van der Waals surface area contributed by atoms with E-state index in [0.29, 0.717) is 65.7 Å². The first-order valence-electron chi connectivity index (χ1n) is 14.2. The average molecular weight is 635 g/mol. The largest absolute Gasteiger partial charge is 0.456 e. The second-order valence-corrected chi connectivity index (χ2v) is 17.2. The number of aromatic nitrogens is 3. The third-order valence-corrected chi connectivity index (χ3v) is 11.8. The number of aliphatic hydroxyl groups is 1. The van der Waals surface area contributed by atoms with Gasteiger partial charge in [0.15, 0.2) is 11.8 Å². The first-order valence-corrected chi connectivity index (χ1v) is 19.2. The number of pyridine rings is 1. The van der Waals surface area contributed by atoms with E-state index in [1.54, 1.807) is 13.1 Å². The number of aliphatic hydroxyl groups excluding tert-OH is 1. The van der Waals surface area contributed by atoms with E-state index in [2.05, 4.69) is 22.4 Å². The highest BCUT2D eigenvalue weighted by Gasteiger charge is 2.49. The summed E-state index contributed by atoms with van der Waals surface area (Å²) in [6, 6.07) is 11.3. The van der Waals surface area contributed by atoms with Crippen molar-refractivity contribution in [1.82, 2.24) is 14.5 Å². The van der Waals surface area contributed by atoms with E-state index in [-0.39, 0.29) is 19.4 Å². The van der Waals surface area contributed by atoms with Crippen LogP contribution in [-0.4, -0.2) is 109 Å². The molecule has 4 atom stereocenters. The van der Waals surface area contributed by atoms with E-state index in [1.165, 1.54) is 0 Å². The molecule has 0 aliphatic carbocycles. The fourth-order valence-corrected chi connectivity index (χ4v) is 7.90. The molecule has 11 nitrogen and oxygen atoms in total. The lowest BCUT2D eigenvalue weighted by Crippen LogP contribution is -2.40. The number of benzene rings is 1. The van der Waals surface area contributed by atoms with E-state index < -0.39 is 36.8 Å². The lowest BCUT2D eigenvalue weighted by Gasteiger charge is -2.30. The number of fused-ring (bicyclic) bond motifs is 2. The highest BCUT2D eigenvalue weighted by molar-refractivity contribution is 7.93. The van der Waals surface area contributed by atoms with E-state index in [1.807, 2.05) is 28.8 Å². The maximum atomic E-state index is 12.6. The Bertz CT molecular complexity index is 1530. The molecule has 3 saturated heterocycles. The molecule has 1 aromatic carbocycles. The number of rotatable bonds is 9. The van der Waals surface area contributed by atoms with Crippen LogP contribution < -0.4 is 9.64 Å². The molecule has 2 aromatic heterocycles. The summed E-state index contributed by atoms with van der Waals surface area (Å²) in [5.41, 5.74) is 3.76. The Kier molecular flexibility index (Phi) is 8.79. The van der Waals surface area contributed by atoms with Gasteiger partial charge in [-0.15, -0.1) is 0 Å². The molecule has 3 aliphatic rings. The highest BCUT2D eigenvalue weighted by atomic mass is 35.5. The first-order chi connectivity index (χ1) is 20.2. The van der Waals surface area contributed by atoms with Gasteiger partial charge in [-0.3, -0.25) is 4.57 Å². The molecule has 5 heterocycles. The van der Waals surface area contributed by atoms with Crippen LogP contribution in [0.4, 0.5) is 5.69 Å². The Morgan fingerprint density at radius 2 is 1.88 bits per heavy atom. The van der Waals surface area contributed by atoms with Crippen LogP contribution in [0.25, 0.3) is 22.4 Å². The van der Waals surface area contributed by atoms with Gasteiger partial charge < -0.3 is 29.0 Å². The maximum Gasteiger partial charge on any atom is 0.301 e. The molecule has 0 bridgehead atoms. The van der Waals surface area contributed by atoms with Crippen LogP contribution in [0.15, 0.2) is 34.7 Å². The van der Waals surface area contributed by atoms with Crippen LogP contribution in [0.1, 0.15) is 0 Å². The van der Waals surface area contributed by atoms with Gasteiger partial charge in [0.05, 0.1) is 23.9 Å². The zero-order valence-electron chi connectivity index (χ0n) is 24.1. The number of hydrogen-bond donors (Lipinski definition) is 1. The Morgan fingerprint density at radius 3 is 2.60 bits per heavy atom. The van der Waals surface area contributed by atoms with Crippen molar-refractivity contribution in [2.24, 2.45) is 4.36 Å². The minimum absolute atomic E-state index is 0.221. The summed E-state index contributed by atoms with van der Waals surface area (Å²) in [5.74, 6) is 1.15. The smallest absolute Gasteiger partial charge is 0.301 e. The molecule has 0 spiro atoms. The highest BCUT2D eigenvalue weighted by Crippen LogP contribution is 2.34. The Morgan fingerprint density at radius 1 is 1.14 bits per heavy atom. The van der Waals surface area contributed by atoms with Crippen molar-refractivity contribution in [2.45, 2.75) is 50.3 Å². The van der Waals surface area contributed by atoms with Gasteiger partial charge in [0, 0.05) is 68.0 Å². The second kappa shape index (κ2) is 12.4. The lowest BCUT2D eigenvalue weighted by molar-refractivity contribution is 0.00337. The fourth-order valence-electron chi connectivity index (χ4n) is 5.52. The molecule has 6 rings (SSSR count). The zero-order chi connectivity index (χ0) is 29.4. The van der Waals surface area contributed by atoms with Crippen molar-refractivity contribution in [2.75, 3.05) is 56.4 Å². The first kappa shape index (κ1) is 29.8. The Labute approximate surface area is 252 Å². The van der Waals surface area contributed by atoms with Gasteiger partial charge in [-0.2, -0.15) is 4.98 Å². The molecule has 14 heteroatoms. The van der Waals surface area contributed by atoms with Crippen LogP contribution in [0.5, 0.6) is 6.01 Å². The van der Waals surface area contributed by atoms with Crippen molar-refractivity contribution in [3.8, 4) is 17.3 Å². The van der Waals surface area contributed by atoms with Gasteiger partial charge in [0.2, 0.25) is 0 Å². The SMILES string of the molecule is CN=S1(=O)CCN(c2ccc(-c3nc4c(cc3Cl)nc(O[C@@H]3CO[C@H]5[C@@H]3OC[C@H]5O)n4COCC[Si](C)C)cc2)CC1. The maximum absolute atomic E-state index is 12.6. The van der Waals surface area contributed by atoms with E-state index in [4.69, 9.17) is 40.5 Å². The summed E-state index contributed by atoms with van der Waals surface area (Å²) in [4.78, 5) is 11.9. The molecule has 1 N–H and O–H groups in total. The van der Waals surface area contributed by atoms with Crippen molar-refractivity contribution in [3.63, 3.8) is 0 Å². The van der Waals surface area contributed by atoms with Gasteiger partial charge >= 0.3 is 6.01 Å². The van der Waals surface area contributed by atoms with Gasteiger partial charge in [0.1, 0.15) is 30.6 Å². The topological polar surface area (TPSA) is 121 Å². The van der Waals surface area contributed by atoms with Crippen molar-refractivity contribution < 1.29 is 28.3 Å². The molecule has 3 aliphatic heterocycles. The molecule has 227 valence electrons. The summed E-state index contributed by atoms with van der Waals surface area (Å²) in [7, 11) is -0.846. The average Bonchev–Trinajstić information content (AvgIpc) is 3.66. The summed E-state index contributed by atoms with van der Waals surface area (Å²) >= 11 is 6.76. The molecule has 3 fully saturated rings. The third-order valence-electron chi connectivity index (χ3n) is 8.04.